The largest absolute Gasteiger partial charge is 0.491 e. The molecular weight excluding hydrogens is 260 g/mol. The van der Waals surface area contributed by atoms with Crippen LogP contribution >= 0.6 is 0 Å². The second-order valence-electron chi connectivity index (χ2n) is 6.48. The molecule has 0 amide bonds. The van der Waals surface area contributed by atoms with Crippen LogP contribution in [0.15, 0.2) is 30.5 Å². The van der Waals surface area contributed by atoms with Gasteiger partial charge in [-0.2, -0.15) is 0 Å². The molecule has 0 saturated heterocycles. The van der Waals surface area contributed by atoms with Gasteiger partial charge in [-0.25, -0.2) is 0 Å². The number of nitrogens with zero attached hydrogens (tertiary/aromatic N) is 1. The lowest BCUT2D eigenvalue weighted by molar-refractivity contribution is 0.243. The van der Waals surface area contributed by atoms with Gasteiger partial charge in [0.05, 0.1) is 6.10 Å². The number of ether oxygens (including phenoxy) is 1. The van der Waals surface area contributed by atoms with Gasteiger partial charge in [0.25, 0.3) is 0 Å². The Labute approximate surface area is 127 Å². The van der Waals surface area contributed by atoms with Crippen molar-refractivity contribution in [1.29, 1.82) is 0 Å². The van der Waals surface area contributed by atoms with Crippen LogP contribution in [0.25, 0.3) is 10.9 Å². The Bertz CT molecular complexity index is 598. The van der Waals surface area contributed by atoms with E-state index in [0.29, 0.717) is 6.04 Å². The highest BCUT2D eigenvalue weighted by molar-refractivity contribution is 5.81. The van der Waals surface area contributed by atoms with E-state index in [2.05, 4.69) is 61.1 Å². The molecule has 3 heteroatoms. The molecule has 21 heavy (non-hydrogen) atoms. The van der Waals surface area contributed by atoms with E-state index in [4.69, 9.17) is 4.74 Å². The summed E-state index contributed by atoms with van der Waals surface area (Å²) < 4.78 is 8.08. The molecule has 3 nitrogen and oxygen atoms in total. The van der Waals surface area contributed by atoms with E-state index < -0.39 is 0 Å². The van der Waals surface area contributed by atoms with Crippen LogP contribution in [0.2, 0.25) is 0 Å². The van der Waals surface area contributed by atoms with Crippen molar-refractivity contribution in [2.75, 3.05) is 6.54 Å². The van der Waals surface area contributed by atoms with Crippen LogP contribution in [0.4, 0.5) is 0 Å². The first-order valence-electron chi connectivity index (χ1n) is 8.12. The number of benzene rings is 1. The van der Waals surface area contributed by atoms with Gasteiger partial charge in [-0.05, 0) is 63.8 Å². The zero-order valence-electron chi connectivity index (χ0n) is 13.3. The lowest BCUT2D eigenvalue weighted by Gasteiger charge is -2.14. The molecule has 0 spiro atoms. The van der Waals surface area contributed by atoms with Gasteiger partial charge in [-0.3, -0.25) is 0 Å². The summed E-state index contributed by atoms with van der Waals surface area (Å²) in [5.41, 5.74) is 1.28. The highest BCUT2D eigenvalue weighted by Crippen LogP contribution is 2.32. The Morgan fingerprint density at radius 2 is 2.05 bits per heavy atom. The minimum absolute atomic E-state index is 0.220. The van der Waals surface area contributed by atoms with Crippen LogP contribution in [-0.4, -0.2) is 23.3 Å². The van der Waals surface area contributed by atoms with Gasteiger partial charge in [0.15, 0.2) is 0 Å². The molecule has 0 radical (unpaired) electrons. The number of hydrogen-bond donors (Lipinski definition) is 1. The maximum atomic E-state index is 5.76. The van der Waals surface area contributed by atoms with Gasteiger partial charge in [-0.1, -0.05) is 0 Å². The monoisotopic (exact) mass is 286 g/mol. The Balaban J connectivity index is 1.62. The predicted molar refractivity (Wildman–Crippen MR) is 87.9 cm³/mol. The summed E-state index contributed by atoms with van der Waals surface area (Å²) in [5.74, 6) is 1.87. The quantitative estimate of drug-likeness (QED) is 0.837. The molecule has 3 rings (SSSR count). The zero-order valence-corrected chi connectivity index (χ0v) is 13.3. The Morgan fingerprint density at radius 3 is 2.76 bits per heavy atom. The molecule has 1 aromatic heterocycles. The highest BCUT2D eigenvalue weighted by atomic mass is 16.5. The molecule has 114 valence electrons. The van der Waals surface area contributed by atoms with Crippen LogP contribution in [0.1, 0.15) is 33.6 Å². The maximum absolute atomic E-state index is 5.76. The van der Waals surface area contributed by atoms with E-state index in [-0.39, 0.29) is 6.10 Å². The maximum Gasteiger partial charge on any atom is 0.120 e. The van der Waals surface area contributed by atoms with Crippen molar-refractivity contribution < 1.29 is 4.74 Å². The number of nitrogens with one attached hydrogen (secondary N) is 1. The zero-order chi connectivity index (χ0) is 14.8. The Kier molecular flexibility index (Phi) is 4.20. The number of aromatic nitrogens is 1. The third-order valence-corrected chi connectivity index (χ3v) is 4.26. The summed E-state index contributed by atoms with van der Waals surface area (Å²) >= 11 is 0. The molecule has 0 bridgehead atoms. The normalized spacial score (nSPS) is 16.6. The van der Waals surface area contributed by atoms with E-state index in [9.17, 15) is 0 Å². The van der Waals surface area contributed by atoms with Crippen LogP contribution in [0, 0.1) is 5.92 Å². The first kappa shape index (κ1) is 14.5. The molecule has 1 aliphatic rings. The summed E-state index contributed by atoms with van der Waals surface area (Å²) in [5, 5.41) is 4.89. The van der Waals surface area contributed by atoms with Crippen molar-refractivity contribution in [2.24, 2.45) is 5.92 Å². The van der Waals surface area contributed by atoms with Crippen molar-refractivity contribution in [3.63, 3.8) is 0 Å². The van der Waals surface area contributed by atoms with Crippen molar-refractivity contribution in [2.45, 2.75) is 52.3 Å². The van der Waals surface area contributed by atoms with E-state index in [1.807, 2.05) is 0 Å². The molecule has 0 aliphatic heterocycles. The van der Waals surface area contributed by atoms with Gasteiger partial charge in [0.1, 0.15) is 5.75 Å². The summed E-state index contributed by atoms with van der Waals surface area (Å²) in [4.78, 5) is 0. The molecule has 1 heterocycles. The van der Waals surface area contributed by atoms with Crippen LogP contribution in [-0.2, 0) is 6.54 Å². The third-order valence-electron chi connectivity index (χ3n) is 4.26. The summed E-state index contributed by atoms with van der Waals surface area (Å²) in [6.07, 6.45) is 5.20. The van der Waals surface area contributed by atoms with Crippen molar-refractivity contribution in [3.8, 4) is 5.75 Å². The molecule has 1 aromatic carbocycles. The number of rotatable bonds is 7. The smallest absolute Gasteiger partial charge is 0.120 e. The molecule has 1 unspecified atom stereocenters. The number of fused-ring (bicyclic) bond motifs is 1. The average molecular weight is 286 g/mol. The SMILES string of the molecule is CC(C)Oc1ccc2c(ccn2CCNC(C)C2CC2)c1. The summed E-state index contributed by atoms with van der Waals surface area (Å²) in [7, 11) is 0. The lowest BCUT2D eigenvalue weighted by atomic mass is 10.2. The molecule has 1 fully saturated rings. The molecule has 1 N–H and O–H groups in total. The summed E-state index contributed by atoms with van der Waals surface area (Å²) in [6.45, 7) is 8.47. The highest BCUT2D eigenvalue weighted by Gasteiger charge is 2.27. The molecule has 1 atom stereocenters. The second kappa shape index (κ2) is 6.10. The van der Waals surface area contributed by atoms with Crippen molar-refractivity contribution in [1.82, 2.24) is 9.88 Å². The predicted octanol–water partition coefficient (Wildman–Crippen LogP) is 3.82. The Morgan fingerprint density at radius 1 is 1.24 bits per heavy atom. The summed E-state index contributed by atoms with van der Waals surface area (Å²) in [6, 6.07) is 9.20. The van der Waals surface area contributed by atoms with Gasteiger partial charge in [-0.15, -0.1) is 0 Å². The fourth-order valence-electron chi connectivity index (χ4n) is 2.89. The van der Waals surface area contributed by atoms with Crippen molar-refractivity contribution in [3.05, 3.63) is 30.5 Å². The van der Waals surface area contributed by atoms with E-state index in [1.54, 1.807) is 0 Å². The minimum Gasteiger partial charge on any atom is -0.491 e. The van der Waals surface area contributed by atoms with Gasteiger partial charge < -0.3 is 14.6 Å². The number of hydrogen-bond acceptors (Lipinski definition) is 2. The topological polar surface area (TPSA) is 26.2 Å². The van der Waals surface area contributed by atoms with E-state index in [0.717, 1.165) is 24.8 Å². The van der Waals surface area contributed by atoms with Gasteiger partial charge in [0, 0.05) is 36.2 Å². The van der Waals surface area contributed by atoms with Gasteiger partial charge in [0.2, 0.25) is 0 Å². The molecule has 2 aromatic rings. The van der Waals surface area contributed by atoms with Crippen LogP contribution < -0.4 is 10.1 Å². The average Bonchev–Trinajstić information content (AvgIpc) is 3.21. The minimum atomic E-state index is 0.220. The van der Waals surface area contributed by atoms with Gasteiger partial charge >= 0.3 is 0 Å². The Hall–Kier alpha value is -1.48. The van der Waals surface area contributed by atoms with Crippen LogP contribution in [0.5, 0.6) is 5.75 Å². The van der Waals surface area contributed by atoms with Crippen molar-refractivity contribution >= 4 is 10.9 Å². The fourth-order valence-corrected chi connectivity index (χ4v) is 2.89. The lowest BCUT2D eigenvalue weighted by Crippen LogP contribution is -2.30. The first-order chi connectivity index (χ1) is 10.1. The standard InChI is InChI=1S/C18H26N2O/c1-13(2)21-17-6-7-18-16(12-17)8-10-20(18)11-9-19-14(3)15-4-5-15/h6-8,10,12-15,19H,4-5,9,11H2,1-3H3. The first-order valence-corrected chi connectivity index (χ1v) is 8.12. The van der Waals surface area contributed by atoms with Crippen LogP contribution in [0.3, 0.4) is 0 Å². The molecule has 1 aliphatic carbocycles. The third kappa shape index (κ3) is 3.59. The van der Waals surface area contributed by atoms with E-state index >= 15 is 0 Å². The molecule has 1 saturated carbocycles. The second-order valence-corrected chi connectivity index (χ2v) is 6.48. The fraction of sp³-hybridized carbons (Fsp3) is 0.556. The molecular formula is C18H26N2O. The van der Waals surface area contributed by atoms with E-state index in [1.165, 1.54) is 23.7 Å².